The Labute approximate surface area is 183 Å². The van der Waals surface area contributed by atoms with Gasteiger partial charge in [-0.25, -0.2) is 4.79 Å². The second-order valence-corrected chi connectivity index (χ2v) is 8.75. The molecule has 0 atom stereocenters. The van der Waals surface area contributed by atoms with Crippen molar-refractivity contribution in [1.29, 1.82) is 0 Å². The van der Waals surface area contributed by atoms with E-state index in [0.29, 0.717) is 23.8 Å². The Kier molecular flexibility index (Phi) is 7.50. The Bertz CT molecular complexity index is 855. The van der Waals surface area contributed by atoms with Gasteiger partial charge in [-0.1, -0.05) is 0 Å². The number of carbonyl (C=O) groups is 2. The van der Waals surface area contributed by atoms with Crippen LogP contribution in [-0.4, -0.2) is 48.7 Å². The van der Waals surface area contributed by atoms with Gasteiger partial charge in [0.2, 0.25) is 0 Å². The van der Waals surface area contributed by atoms with E-state index in [4.69, 9.17) is 9.47 Å². The first-order valence-electron chi connectivity index (χ1n) is 10.7. The monoisotopic (exact) mass is 425 g/mol. The molecule has 1 N–H and O–H groups in total. The van der Waals surface area contributed by atoms with Crippen LogP contribution in [0.15, 0.2) is 48.8 Å². The molecule has 0 saturated carbocycles. The summed E-state index contributed by atoms with van der Waals surface area (Å²) >= 11 is 0. The lowest BCUT2D eigenvalue weighted by Gasteiger charge is -2.33. The second kappa shape index (κ2) is 10.3. The summed E-state index contributed by atoms with van der Waals surface area (Å²) in [6.45, 7) is 7.89. The Hall–Kier alpha value is -3.09. The maximum Gasteiger partial charge on any atom is 0.344 e. The number of nitrogens with one attached hydrogen (secondary N) is 1. The average molecular weight is 426 g/mol. The fourth-order valence-corrected chi connectivity index (χ4v) is 3.51. The fourth-order valence-electron chi connectivity index (χ4n) is 3.51. The third-order valence-corrected chi connectivity index (χ3v) is 5.09. The molecule has 7 nitrogen and oxygen atoms in total. The molecule has 3 rings (SSSR count). The van der Waals surface area contributed by atoms with Gasteiger partial charge in [0.1, 0.15) is 11.4 Å². The van der Waals surface area contributed by atoms with Crippen molar-refractivity contribution in [2.24, 2.45) is 5.92 Å². The van der Waals surface area contributed by atoms with Crippen molar-refractivity contribution in [1.82, 2.24) is 10.3 Å². The van der Waals surface area contributed by atoms with Gasteiger partial charge < -0.3 is 19.7 Å². The number of rotatable bonds is 7. The molecule has 31 heavy (non-hydrogen) atoms. The molecule has 0 bridgehead atoms. The topological polar surface area (TPSA) is 80.8 Å². The molecule has 1 aromatic heterocycles. The molecule has 1 fully saturated rings. The Balaban J connectivity index is 1.39. The van der Waals surface area contributed by atoms with Crippen LogP contribution in [0.1, 0.15) is 44.0 Å². The quantitative estimate of drug-likeness (QED) is 0.685. The average Bonchev–Trinajstić information content (AvgIpc) is 2.76. The minimum atomic E-state index is -0.544. The van der Waals surface area contributed by atoms with Crippen LogP contribution >= 0.6 is 0 Å². The van der Waals surface area contributed by atoms with Gasteiger partial charge in [0, 0.05) is 43.3 Å². The van der Waals surface area contributed by atoms with E-state index in [1.165, 1.54) is 5.69 Å². The highest BCUT2D eigenvalue weighted by Gasteiger charge is 2.20. The van der Waals surface area contributed by atoms with Crippen molar-refractivity contribution < 1.29 is 19.1 Å². The van der Waals surface area contributed by atoms with Crippen LogP contribution in [0.25, 0.3) is 0 Å². The molecule has 1 saturated heterocycles. The number of hydrogen-bond donors (Lipinski definition) is 1. The first-order valence-corrected chi connectivity index (χ1v) is 10.7. The maximum atomic E-state index is 12.5. The number of benzene rings is 1. The number of piperidine rings is 1. The smallest absolute Gasteiger partial charge is 0.344 e. The van der Waals surface area contributed by atoms with Crippen LogP contribution in [0.4, 0.5) is 5.69 Å². The zero-order valence-electron chi connectivity index (χ0n) is 18.5. The van der Waals surface area contributed by atoms with Gasteiger partial charge in [0.05, 0.1) is 0 Å². The van der Waals surface area contributed by atoms with Gasteiger partial charge in [0.25, 0.3) is 5.91 Å². The number of amides is 1. The zero-order valence-corrected chi connectivity index (χ0v) is 18.5. The Morgan fingerprint density at radius 2 is 1.71 bits per heavy atom. The predicted octanol–water partition coefficient (Wildman–Crippen LogP) is 3.45. The largest absolute Gasteiger partial charge is 0.482 e. The summed E-state index contributed by atoms with van der Waals surface area (Å²) in [4.78, 5) is 30.6. The Morgan fingerprint density at radius 3 is 2.32 bits per heavy atom. The molecular formula is C24H31N3O4. The normalized spacial score (nSPS) is 14.7. The molecule has 1 amide bonds. The van der Waals surface area contributed by atoms with E-state index in [2.05, 4.69) is 15.2 Å². The van der Waals surface area contributed by atoms with Gasteiger partial charge >= 0.3 is 5.97 Å². The van der Waals surface area contributed by atoms with Crippen LogP contribution in [0.3, 0.4) is 0 Å². The molecule has 0 radical (unpaired) electrons. The molecule has 1 aliphatic rings. The third-order valence-electron chi connectivity index (χ3n) is 5.09. The molecule has 2 aromatic rings. The van der Waals surface area contributed by atoms with E-state index in [0.717, 1.165) is 25.9 Å². The highest BCUT2D eigenvalue weighted by atomic mass is 16.6. The van der Waals surface area contributed by atoms with Gasteiger partial charge in [0.15, 0.2) is 6.61 Å². The van der Waals surface area contributed by atoms with Crippen molar-refractivity contribution in [2.75, 3.05) is 31.1 Å². The van der Waals surface area contributed by atoms with E-state index in [9.17, 15) is 9.59 Å². The third kappa shape index (κ3) is 7.27. The van der Waals surface area contributed by atoms with Crippen molar-refractivity contribution in [2.45, 2.75) is 39.2 Å². The van der Waals surface area contributed by atoms with Crippen molar-refractivity contribution in [3.8, 4) is 5.75 Å². The maximum absolute atomic E-state index is 12.5. The van der Waals surface area contributed by atoms with Crippen LogP contribution < -0.4 is 15.0 Å². The molecule has 0 unspecified atom stereocenters. The van der Waals surface area contributed by atoms with Gasteiger partial charge in [-0.15, -0.1) is 0 Å². The van der Waals surface area contributed by atoms with E-state index >= 15 is 0 Å². The molecule has 0 spiro atoms. The first-order chi connectivity index (χ1) is 14.8. The molecule has 7 heteroatoms. The number of nitrogens with zero attached hydrogens (tertiary/aromatic N) is 2. The van der Waals surface area contributed by atoms with Crippen molar-refractivity contribution in [3.63, 3.8) is 0 Å². The van der Waals surface area contributed by atoms with Gasteiger partial charge in [-0.2, -0.15) is 0 Å². The SMILES string of the molecule is CC(C)(C)OC(=O)COc1ccc(C(=O)NCC2CCN(c3ccncc3)CC2)cc1. The highest BCUT2D eigenvalue weighted by molar-refractivity contribution is 5.94. The van der Waals surface area contributed by atoms with Crippen LogP contribution in [-0.2, 0) is 9.53 Å². The number of carbonyl (C=O) groups excluding carboxylic acids is 2. The first kappa shape index (κ1) is 22.6. The summed E-state index contributed by atoms with van der Waals surface area (Å²) in [5.41, 5.74) is 1.23. The minimum absolute atomic E-state index is 0.102. The minimum Gasteiger partial charge on any atom is -0.482 e. The van der Waals surface area contributed by atoms with E-state index in [-0.39, 0.29) is 12.5 Å². The summed E-state index contributed by atoms with van der Waals surface area (Å²) in [6, 6.07) is 10.8. The highest BCUT2D eigenvalue weighted by Crippen LogP contribution is 2.22. The summed E-state index contributed by atoms with van der Waals surface area (Å²) in [6.07, 6.45) is 5.71. The van der Waals surface area contributed by atoms with E-state index in [1.54, 1.807) is 24.3 Å². The Morgan fingerprint density at radius 1 is 1.06 bits per heavy atom. The molecule has 1 aliphatic heterocycles. The lowest BCUT2D eigenvalue weighted by atomic mass is 9.96. The van der Waals surface area contributed by atoms with Crippen LogP contribution in [0.2, 0.25) is 0 Å². The van der Waals surface area contributed by atoms with E-state index < -0.39 is 11.6 Å². The molecule has 1 aromatic carbocycles. The summed E-state index contributed by atoms with van der Waals surface area (Å²) in [7, 11) is 0. The molecular weight excluding hydrogens is 394 g/mol. The lowest BCUT2D eigenvalue weighted by Crippen LogP contribution is -2.38. The van der Waals surface area contributed by atoms with Crippen molar-refractivity contribution in [3.05, 3.63) is 54.4 Å². The summed E-state index contributed by atoms with van der Waals surface area (Å²) in [5.74, 6) is 0.462. The summed E-state index contributed by atoms with van der Waals surface area (Å²) < 4.78 is 10.6. The number of esters is 1. The predicted molar refractivity (Wildman–Crippen MR) is 119 cm³/mol. The number of anilines is 1. The van der Waals surface area contributed by atoms with Crippen molar-refractivity contribution >= 4 is 17.6 Å². The zero-order chi connectivity index (χ0) is 22.3. The lowest BCUT2D eigenvalue weighted by molar-refractivity contribution is -0.157. The molecule has 0 aliphatic carbocycles. The van der Waals surface area contributed by atoms with Crippen LogP contribution in [0.5, 0.6) is 5.75 Å². The number of ether oxygens (including phenoxy) is 2. The molecule has 2 heterocycles. The van der Waals surface area contributed by atoms with Crippen LogP contribution in [0, 0.1) is 5.92 Å². The number of aromatic nitrogens is 1. The molecule has 166 valence electrons. The number of pyridine rings is 1. The second-order valence-electron chi connectivity index (χ2n) is 8.75. The van der Waals surface area contributed by atoms with Gasteiger partial charge in [-0.05, 0) is 75.9 Å². The summed E-state index contributed by atoms with van der Waals surface area (Å²) in [5, 5.41) is 3.04. The fraction of sp³-hybridized carbons (Fsp3) is 0.458. The standard InChI is InChI=1S/C24H31N3O4/c1-24(2,3)31-22(28)17-30-21-6-4-19(5-7-21)23(29)26-16-18-10-14-27(15-11-18)20-8-12-25-13-9-20/h4-9,12-13,18H,10-11,14-17H2,1-3H3,(H,26,29). The number of hydrogen-bond acceptors (Lipinski definition) is 6. The van der Waals surface area contributed by atoms with Gasteiger partial charge in [-0.3, -0.25) is 9.78 Å². The van der Waals surface area contributed by atoms with E-state index in [1.807, 2.05) is 45.3 Å².